The van der Waals surface area contributed by atoms with Crippen LogP contribution in [0.5, 0.6) is 0 Å². The summed E-state index contributed by atoms with van der Waals surface area (Å²) in [4.78, 5) is 2.51. The number of benzene rings is 2. The maximum atomic E-state index is 12.8. The van der Waals surface area contributed by atoms with Crippen LogP contribution in [0.25, 0.3) is 0 Å². The summed E-state index contributed by atoms with van der Waals surface area (Å²) in [5.74, 6) is 0. The Labute approximate surface area is 151 Å². The summed E-state index contributed by atoms with van der Waals surface area (Å²) in [6, 6.07) is 10.1. The van der Waals surface area contributed by atoms with Crippen LogP contribution in [-0.4, -0.2) is 27.4 Å². The monoisotopic (exact) mass is 360 g/mol. The second kappa shape index (κ2) is 7.68. The fraction of sp³-hybridized carbons (Fsp3) is 0.400. The molecule has 4 nitrogen and oxygen atoms in total. The van der Waals surface area contributed by atoms with Gasteiger partial charge in [-0.25, -0.2) is 13.1 Å². The van der Waals surface area contributed by atoms with Crippen molar-refractivity contribution in [1.82, 2.24) is 9.62 Å². The molecule has 0 bridgehead atoms. The summed E-state index contributed by atoms with van der Waals surface area (Å²) in [5, 5.41) is 0. The minimum absolute atomic E-state index is 0.288. The van der Waals surface area contributed by atoms with Crippen LogP contribution in [-0.2, 0) is 23.1 Å². The lowest BCUT2D eigenvalue weighted by Gasteiger charge is -2.16. The average molecular weight is 361 g/mol. The van der Waals surface area contributed by atoms with Gasteiger partial charge in [0.15, 0.2) is 0 Å². The van der Waals surface area contributed by atoms with E-state index in [1.165, 1.54) is 5.56 Å². The van der Waals surface area contributed by atoms with Crippen LogP contribution in [0.3, 0.4) is 0 Å². The molecule has 2 rings (SSSR count). The number of hydrogen-bond acceptors (Lipinski definition) is 3. The first-order valence-electron chi connectivity index (χ1n) is 8.41. The van der Waals surface area contributed by atoms with Gasteiger partial charge in [-0.2, -0.15) is 0 Å². The van der Waals surface area contributed by atoms with E-state index in [0.29, 0.717) is 4.90 Å². The van der Waals surface area contributed by atoms with Crippen molar-refractivity contribution >= 4 is 10.0 Å². The van der Waals surface area contributed by atoms with Crippen LogP contribution in [0.1, 0.15) is 33.4 Å². The van der Waals surface area contributed by atoms with E-state index in [2.05, 4.69) is 9.62 Å². The molecule has 2 aromatic carbocycles. The predicted octanol–water partition coefficient (Wildman–Crippen LogP) is 3.46. The number of rotatable bonds is 6. The highest BCUT2D eigenvalue weighted by atomic mass is 32.2. The van der Waals surface area contributed by atoms with E-state index in [1.807, 2.05) is 72.1 Å². The lowest BCUT2D eigenvalue weighted by Crippen LogP contribution is -2.25. The van der Waals surface area contributed by atoms with Gasteiger partial charge in [0, 0.05) is 13.1 Å². The molecule has 0 aromatic heterocycles. The highest BCUT2D eigenvalue weighted by Gasteiger charge is 2.21. The molecule has 5 heteroatoms. The predicted molar refractivity (Wildman–Crippen MR) is 103 cm³/mol. The van der Waals surface area contributed by atoms with Crippen molar-refractivity contribution in [3.63, 3.8) is 0 Å². The van der Waals surface area contributed by atoms with Crippen LogP contribution in [0.15, 0.2) is 35.2 Å². The first kappa shape index (κ1) is 19.6. The molecule has 136 valence electrons. The van der Waals surface area contributed by atoms with Crippen LogP contribution < -0.4 is 4.72 Å². The second-order valence-electron chi connectivity index (χ2n) is 6.97. The van der Waals surface area contributed by atoms with Crippen molar-refractivity contribution in [3.05, 3.63) is 63.7 Å². The van der Waals surface area contributed by atoms with Gasteiger partial charge in [0.25, 0.3) is 0 Å². The molecule has 0 aliphatic rings. The Balaban J connectivity index is 2.20. The number of aryl methyl sites for hydroxylation is 2. The molecule has 0 saturated heterocycles. The van der Waals surface area contributed by atoms with Gasteiger partial charge in [0.05, 0.1) is 4.90 Å². The van der Waals surface area contributed by atoms with Gasteiger partial charge < -0.3 is 4.90 Å². The van der Waals surface area contributed by atoms with Crippen LogP contribution in [0.2, 0.25) is 0 Å². The summed E-state index contributed by atoms with van der Waals surface area (Å²) in [6.07, 6.45) is 0. The molecular formula is C20H28N2O2S. The first-order chi connectivity index (χ1) is 11.6. The Morgan fingerprint density at radius 1 is 0.880 bits per heavy atom. The van der Waals surface area contributed by atoms with Crippen LogP contribution in [0, 0.1) is 27.7 Å². The molecule has 2 aromatic rings. The quantitative estimate of drug-likeness (QED) is 0.858. The molecule has 0 aliphatic carbocycles. The minimum Gasteiger partial charge on any atom is -0.305 e. The fourth-order valence-electron chi connectivity index (χ4n) is 2.96. The summed E-state index contributed by atoms with van der Waals surface area (Å²) in [7, 11) is 0.497. The highest BCUT2D eigenvalue weighted by Crippen LogP contribution is 2.26. The largest absolute Gasteiger partial charge is 0.305 e. The third kappa shape index (κ3) is 4.69. The molecule has 0 unspecified atom stereocenters. The molecule has 0 amide bonds. The molecule has 0 fully saturated rings. The van der Waals surface area contributed by atoms with Crippen LogP contribution in [0.4, 0.5) is 0 Å². The van der Waals surface area contributed by atoms with Crippen molar-refractivity contribution < 1.29 is 8.42 Å². The first-order valence-corrected chi connectivity index (χ1v) is 9.89. The van der Waals surface area contributed by atoms with Gasteiger partial charge in [-0.1, -0.05) is 30.3 Å². The van der Waals surface area contributed by atoms with E-state index in [9.17, 15) is 8.42 Å². The molecule has 0 aliphatic heterocycles. The van der Waals surface area contributed by atoms with Gasteiger partial charge >= 0.3 is 0 Å². The Morgan fingerprint density at radius 2 is 1.36 bits per heavy atom. The van der Waals surface area contributed by atoms with Gasteiger partial charge in [-0.05, 0) is 75.2 Å². The zero-order valence-corrected chi connectivity index (χ0v) is 16.8. The van der Waals surface area contributed by atoms with Crippen molar-refractivity contribution in [2.45, 2.75) is 45.7 Å². The summed E-state index contributed by atoms with van der Waals surface area (Å²) >= 11 is 0. The van der Waals surface area contributed by atoms with E-state index in [4.69, 9.17) is 0 Å². The smallest absolute Gasteiger partial charge is 0.241 e. The molecule has 1 N–H and O–H groups in total. The fourth-order valence-corrected chi connectivity index (χ4v) is 4.59. The Bertz CT molecular complexity index is 828. The molecule has 0 saturated carbocycles. The SMILES string of the molecule is Cc1cc(C)c(C)c(S(=O)(=O)NCc2ccc(CN(C)C)cc2)c1C. The average Bonchev–Trinajstić information content (AvgIpc) is 2.52. The normalized spacial score (nSPS) is 12.0. The molecule has 0 radical (unpaired) electrons. The minimum atomic E-state index is -3.55. The number of hydrogen-bond donors (Lipinski definition) is 1. The van der Waals surface area contributed by atoms with Gasteiger partial charge in [-0.3, -0.25) is 0 Å². The molecular weight excluding hydrogens is 332 g/mol. The van der Waals surface area contributed by atoms with Crippen molar-refractivity contribution in [2.24, 2.45) is 0 Å². The third-order valence-electron chi connectivity index (χ3n) is 4.55. The van der Waals surface area contributed by atoms with Gasteiger partial charge in [0.1, 0.15) is 0 Å². The van der Waals surface area contributed by atoms with Gasteiger partial charge in [-0.15, -0.1) is 0 Å². The van der Waals surface area contributed by atoms with E-state index in [0.717, 1.165) is 34.4 Å². The van der Waals surface area contributed by atoms with Crippen LogP contribution >= 0.6 is 0 Å². The number of nitrogens with one attached hydrogen (secondary N) is 1. The van der Waals surface area contributed by atoms with Crippen molar-refractivity contribution in [3.8, 4) is 0 Å². The third-order valence-corrected chi connectivity index (χ3v) is 6.23. The molecule has 0 spiro atoms. The number of sulfonamides is 1. The van der Waals surface area contributed by atoms with Crippen molar-refractivity contribution in [2.75, 3.05) is 14.1 Å². The molecule has 0 heterocycles. The summed E-state index contributed by atoms with van der Waals surface area (Å²) in [5.41, 5.74) is 5.78. The zero-order chi connectivity index (χ0) is 18.8. The zero-order valence-electron chi connectivity index (χ0n) is 16.0. The summed E-state index contributed by atoms with van der Waals surface area (Å²) in [6.45, 7) is 8.79. The molecule has 0 atom stereocenters. The lowest BCUT2D eigenvalue weighted by atomic mass is 10.0. The standard InChI is InChI=1S/C20H28N2O2S/c1-14-11-15(2)17(4)20(16(14)3)25(23,24)21-12-18-7-9-19(10-8-18)13-22(5)6/h7-11,21H,12-13H2,1-6H3. The topological polar surface area (TPSA) is 49.4 Å². The number of nitrogens with zero attached hydrogens (tertiary/aromatic N) is 1. The molecule has 25 heavy (non-hydrogen) atoms. The van der Waals surface area contributed by atoms with Crippen molar-refractivity contribution in [1.29, 1.82) is 0 Å². The summed E-state index contributed by atoms with van der Waals surface area (Å²) < 4.78 is 28.4. The Kier molecular flexibility index (Phi) is 6.03. The Morgan fingerprint density at radius 3 is 1.84 bits per heavy atom. The van der Waals surface area contributed by atoms with E-state index < -0.39 is 10.0 Å². The second-order valence-corrected chi connectivity index (χ2v) is 8.67. The van der Waals surface area contributed by atoms with Gasteiger partial charge in [0.2, 0.25) is 10.0 Å². The van der Waals surface area contributed by atoms with E-state index in [1.54, 1.807) is 0 Å². The maximum Gasteiger partial charge on any atom is 0.241 e. The van der Waals surface area contributed by atoms with E-state index >= 15 is 0 Å². The maximum absolute atomic E-state index is 12.8. The Hall–Kier alpha value is -1.69. The lowest BCUT2D eigenvalue weighted by molar-refractivity contribution is 0.402. The highest BCUT2D eigenvalue weighted by molar-refractivity contribution is 7.89. The van der Waals surface area contributed by atoms with E-state index in [-0.39, 0.29) is 6.54 Å².